The van der Waals surface area contributed by atoms with Gasteiger partial charge in [0.05, 0.1) is 18.8 Å². The molecule has 1 saturated heterocycles. The molecule has 1 N–H and O–H groups in total. The number of halogens is 1. The molecule has 0 unspecified atom stereocenters. The standard InChI is InChI=1S/C26H28FN3O3/c1-2-19-8-10-20(11-9-19)25(21-5-3-6-22(27)17-21)28-24(31)18-29-12-14-30(15-13-29)26(32)23-7-4-16-33-23/h3-11,16-17,25H,2,12-15,18H2,1H3,(H,28,31)/t25-/m0/s1. The van der Waals surface area contributed by atoms with Gasteiger partial charge in [0, 0.05) is 26.2 Å². The van der Waals surface area contributed by atoms with Gasteiger partial charge in [-0.05, 0) is 47.4 Å². The lowest BCUT2D eigenvalue weighted by molar-refractivity contribution is -0.123. The van der Waals surface area contributed by atoms with Crippen molar-refractivity contribution in [2.75, 3.05) is 32.7 Å². The fourth-order valence-corrected chi connectivity index (χ4v) is 4.07. The molecule has 2 amide bonds. The van der Waals surface area contributed by atoms with Crippen LogP contribution in [0.5, 0.6) is 0 Å². The van der Waals surface area contributed by atoms with E-state index in [-0.39, 0.29) is 24.2 Å². The van der Waals surface area contributed by atoms with Crippen molar-refractivity contribution in [3.05, 3.63) is 95.2 Å². The average molecular weight is 450 g/mol. The van der Waals surface area contributed by atoms with Gasteiger partial charge < -0.3 is 14.6 Å². The molecule has 172 valence electrons. The zero-order chi connectivity index (χ0) is 23.2. The highest BCUT2D eigenvalue weighted by molar-refractivity contribution is 5.91. The predicted octanol–water partition coefficient (Wildman–Crippen LogP) is 3.64. The van der Waals surface area contributed by atoms with Gasteiger partial charge in [-0.2, -0.15) is 0 Å². The lowest BCUT2D eigenvalue weighted by atomic mass is 9.97. The average Bonchev–Trinajstić information content (AvgIpc) is 3.38. The van der Waals surface area contributed by atoms with E-state index in [0.717, 1.165) is 12.0 Å². The Labute approximate surface area is 193 Å². The molecule has 6 nitrogen and oxygen atoms in total. The van der Waals surface area contributed by atoms with Crippen molar-refractivity contribution < 1.29 is 18.4 Å². The third-order valence-corrected chi connectivity index (χ3v) is 5.97. The smallest absolute Gasteiger partial charge is 0.289 e. The second-order valence-electron chi connectivity index (χ2n) is 8.20. The predicted molar refractivity (Wildman–Crippen MR) is 123 cm³/mol. The molecule has 1 fully saturated rings. The first kappa shape index (κ1) is 22.7. The minimum absolute atomic E-state index is 0.134. The largest absolute Gasteiger partial charge is 0.459 e. The molecule has 0 saturated carbocycles. The lowest BCUT2D eigenvalue weighted by Crippen LogP contribution is -2.51. The zero-order valence-corrected chi connectivity index (χ0v) is 18.7. The molecule has 2 aromatic carbocycles. The molecule has 0 aliphatic carbocycles. The van der Waals surface area contributed by atoms with Gasteiger partial charge in [0.25, 0.3) is 5.91 Å². The number of nitrogens with zero attached hydrogens (tertiary/aromatic N) is 2. The van der Waals surface area contributed by atoms with E-state index in [2.05, 4.69) is 12.2 Å². The summed E-state index contributed by atoms with van der Waals surface area (Å²) < 4.78 is 19.1. The quantitative estimate of drug-likeness (QED) is 0.598. The summed E-state index contributed by atoms with van der Waals surface area (Å²) >= 11 is 0. The molecule has 0 spiro atoms. The maximum atomic E-state index is 13.9. The Morgan fingerprint density at radius 2 is 1.76 bits per heavy atom. The van der Waals surface area contributed by atoms with Gasteiger partial charge >= 0.3 is 0 Å². The summed E-state index contributed by atoms with van der Waals surface area (Å²) in [6.45, 7) is 4.53. The molecule has 1 atom stereocenters. The van der Waals surface area contributed by atoms with Crippen LogP contribution in [0, 0.1) is 5.82 Å². The Morgan fingerprint density at radius 3 is 2.39 bits per heavy atom. The van der Waals surface area contributed by atoms with Crippen LogP contribution in [0.15, 0.2) is 71.3 Å². The van der Waals surface area contributed by atoms with E-state index >= 15 is 0 Å². The number of furan rings is 1. The summed E-state index contributed by atoms with van der Waals surface area (Å²) in [7, 11) is 0. The van der Waals surface area contributed by atoms with Crippen LogP contribution in [0.3, 0.4) is 0 Å². The van der Waals surface area contributed by atoms with Crippen molar-refractivity contribution in [1.82, 2.24) is 15.1 Å². The molecule has 2 heterocycles. The molecular formula is C26H28FN3O3. The van der Waals surface area contributed by atoms with Crippen molar-refractivity contribution in [2.24, 2.45) is 0 Å². The van der Waals surface area contributed by atoms with Gasteiger partial charge in [0.2, 0.25) is 5.91 Å². The van der Waals surface area contributed by atoms with Crippen LogP contribution in [-0.4, -0.2) is 54.3 Å². The fourth-order valence-electron chi connectivity index (χ4n) is 4.07. The summed E-state index contributed by atoms with van der Waals surface area (Å²) in [5, 5.41) is 3.08. The summed E-state index contributed by atoms with van der Waals surface area (Å²) in [4.78, 5) is 29.1. The Morgan fingerprint density at radius 1 is 1.00 bits per heavy atom. The first-order chi connectivity index (χ1) is 16.0. The number of rotatable bonds is 7. The molecule has 7 heteroatoms. The molecule has 1 aliphatic rings. The Hall–Kier alpha value is -3.45. The summed E-state index contributed by atoms with van der Waals surface area (Å²) in [6, 6.07) is 17.2. The van der Waals surface area contributed by atoms with Gasteiger partial charge in [-0.1, -0.05) is 43.3 Å². The number of hydrogen-bond donors (Lipinski definition) is 1. The van der Waals surface area contributed by atoms with Gasteiger partial charge in [0.1, 0.15) is 5.82 Å². The molecule has 33 heavy (non-hydrogen) atoms. The highest BCUT2D eigenvalue weighted by Gasteiger charge is 2.25. The summed E-state index contributed by atoms with van der Waals surface area (Å²) in [5.74, 6) is -0.289. The van der Waals surface area contributed by atoms with Gasteiger partial charge in [-0.15, -0.1) is 0 Å². The number of piperazine rings is 1. The fraction of sp³-hybridized carbons (Fsp3) is 0.308. The van der Waals surface area contributed by atoms with Gasteiger partial charge in [-0.25, -0.2) is 4.39 Å². The van der Waals surface area contributed by atoms with Gasteiger partial charge in [-0.3, -0.25) is 14.5 Å². The van der Waals surface area contributed by atoms with Crippen molar-refractivity contribution >= 4 is 11.8 Å². The first-order valence-electron chi connectivity index (χ1n) is 11.2. The van der Waals surface area contributed by atoms with Crippen molar-refractivity contribution in [3.8, 4) is 0 Å². The van der Waals surface area contributed by atoms with E-state index in [0.29, 0.717) is 37.5 Å². The third kappa shape index (κ3) is 5.68. The molecule has 0 bridgehead atoms. The highest BCUT2D eigenvalue weighted by atomic mass is 19.1. The van der Waals surface area contributed by atoms with E-state index in [1.807, 2.05) is 35.2 Å². The van der Waals surface area contributed by atoms with Crippen LogP contribution in [0.25, 0.3) is 0 Å². The van der Waals surface area contributed by atoms with Crippen LogP contribution >= 0.6 is 0 Å². The minimum Gasteiger partial charge on any atom is -0.459 e. The normalized spacial score (nSPS) is 15.3. The van der Waals surface area contributed by atoms with Gasteiger partial charge in [0.15, 0.2) is 5.76 Å². The highest BCUT2D eigenvalue weighted by Crippen LogP contribution is 2.23. The number of aryl methyl sites for hydroxylation is 1. The van der Waals surface area contributed by atoms with Crippen LogP contribution in [-0.2, 0) is 11.2 Å². The number of nitrogens with one attached hydrogen (secondary N) is 1. The molecule has 1 aromatic heterocycles. The summed E-state index contributed by atoms with van der Waals surface area (Å²) in [6.07, 6.45) is 2.41. The lowest BCUT2D eigenvalue weighted by Gasteiger charge is -2.34. The number of benzene rings is 2. The van der Waals surface area contributed by atoms with E-state index in [1.165, 1.54) is 24.0 Å². The van der Waals surface area contributed by atoms with Crippen LogP contribution in [0.4, 0.5) is 4.39 Å². The molecular weight excluding hydrogens is 421 g/mol. The monoisotopic (exact) mass is 449 g/mol. The zero-order valence-electron chi connectivity index (χ0n) is 18.7. The number of carbonyl (C=O) groups excluding carboxylic acids is 2. The maximum absolute atomic E-state index is 13.9. The van der Waals surface area contributed by atoms with E-state index in [9.17, 15) is 14.0 Å². The van der Waals surface area contributed by atoms with Crippen LogP contribution in [0.1, 0.15) is 40.2 Å². The second-order valence-corrected chi connectivity index (χ2v) is 8.20. The number of hydrogen-bond acceptors (Lipinski definition) is 4. The molecule has 1 aliphatic heterocycles. The van der Waals surface area contributed by atoms with E-state index in [1.54, 1.807) is 23.1 Å². The first-order valence-corrected chi connectivity index (χ1v) is 11.2. The van der Waals surface area contributed by atoms with Crippen molar-refractivity contribution in [1.29, 1.82) is 0 Å². The minimum atomic E-state index is -0.444. The number of carbonyl (C=O) groups is 2. The van der Waals surface area contributed by atoms with Crippen molar-refractivity contribution in [2.45, 2.75) is 19.4 Å². The maximum Gasteiger partial charge on any atom is 0.289 e. The van der Waals surface area contributed by atoms with Crippen molar-refractivity contribution in [3.63, 3.8) is 0 Å². The van der Waals surface area contributed by atoms with Crippen LogP contribution < -0.4 is 5.32 Å². The third-order valence-electron chi connectivity index (χ3n) is 5.97. The molecule has 0 radical (unpaired) electrons. The summed E-state index contributed by atoms with van der Waals surface area (Å²) in [5.41, 5.74) is 2.80. The Balaban J connectivity index is 1.39. The second kappa shape index (κ2) is 10.4. The topological polar surface area (TPSA) is 65.8 Å². The number of amides is 2. The van der Waals surface area contributed by atoms with Crippen LogP contribution in [0.2, 0.25) is 0 Å². The molecule has 3 aromatic rings. The Bertz CT molecular complexity index is 1070. The Kier molecular flexibility index (Phi) is 7.19. The van der Waals surface area contributed by atoms with E-state index < -0.39 is 6.04 Å². The molecule has 4 rings (SSSR count). The van der Waals surface area contributed by atoms with E-state index in [4.69, 9.17) is 4.42 Å². The SMILES string of the molecule is CCc1ccc([C@H](NC(=O)CN2CCN(C(=O)c3ccco3)CC2)c2cccc(F)c2)cc1.